The highest BCUT2D eigenvalue weighted by Gasteiger charge is 2.36. The SMILES string of the molecule is C=S(C)(=O)c1nc2c(c(Nc3ccc(C(C)(C)C)cc3)n1)CCN(c1ncccc1C(F)(F)F)CC2. The van der Waals surface area contributed by atoms with Crippen LogP contribution in [-0.2, 0) is 34.0 Å². The molecule has 0 amide bonds. The van der Waals surface area contributed by atoms with E-state index in [4.69, 9.17) is 0 Å². The van der Waals surface area contributed by atoms with Gasteiger partial charge in [0.25, 0.3) is 0 Å². The highest BCUT2D eigenvalue weighted by Crippen LogP contribution is 2.36. The Morgan fingerprint density at radius 1 is 1.03 bits per heavy atom. The number of alkyl halides is 3. The Morgan fingerprint density at radius 3 is 2.31 bits per heavy atom. The van der Waals surface area contributed by atoms with Crippen LogP contribution >= 0.6 is 0 Å². The predicted molar refractivity (Wildman–Crippen MR) is 139 cm³/mol. The van der Waals surface area contributed by atoms with Crippen molar-refractivity contribution in [1.29, 1.82) is 0 Å². The number of nitrogens with one attached hydrogen (secondary N) is 1. The first-order valence-electron chi connectivity index (χ1n) is 11.6. The number of aromatic nitrogens is 3. The van der Waals surface area contributed by atoms with Crippen LogP contribution in [0.4, 0.5) is 30.5 Å². The molecule has 1 aliphatic heterocycles. The summed E-state index contributed by atoms with van der Waals surface area (Å²) in [5, 5.41) is 3.45. The Balaban J connectivity index is 1.70. The lowest BCUT2D eigenvalue weighted by atomic mass is 9.87. The second kappa shape index (κ2) is 9.38. The molecule has 2 aromatic heterocycles. The molecule has 36 heavy (non-hydrogen) atoms. The molecule has 3 aromatic rings. The van der Waals surface area contributed by atoms with Crippen molar-refractivity contribution in [2.45, 2.75) is 50.4 Å². The largest absolute Gasteiger partial charge is 0.419 e. The first-order valence-corrected chi connectivity index (χ1v) is 13.7. The first kappa shape index (κ1) is 25.9. The summed E-state index contributed by atoms with van der Waals surface area (Å²) in [4.78, 5) is 14.8. The third-order valence-corrected chi connectivity index (χ3v) is 7.07. The number of fused-ring (bicyclic) bond motifs is 1. The van der Waals surface area contributed by atoms with Gasteiger partial charge in [-0.05, 0) is 47.5 Å². The van der Waals surface area contributed by atoms with Crippen molar-refractivity contribution in [2.75, 3.05) is 29.6 Å². The molecule has 0 saturated heterocycles. The van der Waals surface area contributed by atoms with Crippen molar-refractivity contribution >= 4 is 32.7 Å². The zero-order valence-electron chi connectivity index (χ0n) is 20.8. The minimum absolute atomic E-state index is 0.00348. The average Bonchev–Trinajstić information content (AvgIpc) is 3.00. The third kappa shape index (κ3) is 5.64. The average molecular weight is 518 g/mol. The van der Waals surface area contributed by atoms with E-state index in [1.165, 1.54) is 24.1 Å². The van der Waals surface area contributed by atoms with Crippen LogP contribution in [0.1, 0.15) is 43.2 Å². The van der Waals surface area contributed by atoms with Crippen molar-refractivity contribution in [3.63, 3.8) is 0 Å². The third-order valence-electron chi connectivity index (χ3n) is 6.11. The summed E-state index contributed by atoms with van der Waals surface area (Å²) in [7, 11) is -2.72. The van der Waals surface area contributed by atoms with Crippen molar-refractivity contribution in [3.05, 3.63) is 65.0 Å². The van der Waals surface area contributed by atoms with Crippen LogP contribution in [0.3, 0.4) is 0 Å². The Hall–Kier alpha value is -3.14. The van der Waals surface area contributed by atoms with Gasteiger partial charge in [-0.1, -0.05) is 32.9 Å². The maximum absolute atomic E-state index is 13.6. The van der Waals surface area contributed by atoms with Crippen LogP contribution in [0.25, 0.3) is 0 Å². The lowest BCUT2D eigenvalue weighted by Crippen LogP contribution is -2.29. The summed E-state index contributed by atoms with van der Waals surface area (Å²) in [6, 6.07) is 10.3. The van der Waals surface area contributed by atoms with E-state index in [0.717, 1.165) is 17.3 Å². The van der Waals surface area contributed by atoms with Gasteiger partial charge in [-0.2, -0.15) is 13.2 Å². The smallest absolute Gasteiger partial charge is 0.355 e. The van der Waals surface area contributed by atoms with Crippen LogP contribution in [0.5, 0.6) is 0 Å². The van der Waals surface area contributed by atoms with Gasteiger partial charge in [-0.3, -0.25) is 4.21 Å². The normalized spacial score (nSPS) is 16.1. The molecule has 1 aromatic carbocycles. The number of hydrogen-bond acceptors (Lipinski definition) is 6. The van der Waals surface area contributed by atoms with Crippen molar-refractivity contribution < 1.29 is 17.4 Å². The molecule has 10 heteroatoms. The minimum atomic E-state index is -4.51. The van der Waals surface area contributed by atoms with E-state index in [9.17, 15) is 17.4 Å². The van der Waals surface area contributed by atoms with Gasteiger partial charge in [0.2, 0.25) is 5.16 Å². The van der Waals surface area contributed by atoms with Gasteiger partial charge >= 0.3 is 6.18 Å². The number of benzene rings is 1. The summed E-state index contributed by atoms with van der Waals surface area (Å²) in [6.07, 6.45) is -0.921. The minimum Gasteiger partial charge on any atom is -0.355 e. The van der Waals surface area contributed by atoms with Gasteiger partial charge in [0.1, 0.15) is 11.6 Å². The summed E-state index contributed by atoms with van der Waals surface area (Å²) in [6.45, 7) is 6.99. The fourth-order valence-corrected chi connectivity index (χ4v) is 4.73. The lowest BCUT2D eigenvalue weighted by Gasteiger charge is -2.24. The Morgan fingerprint density at radius 2 is 1.69 bits per heavy atom. The molecule has 192 valence electrons. The fourth-order valence-electron chi connectivity index (χ4n) is 4.15. The van der Waals surface area contributed by atoms with Crippen molar-refractivity contribution in [2.24, 2.45) is 0 Å². The van der Waals surface area contributed by atoms with Crippen LogP contribution in [-0.4, -0.2) is 44.4 Å². The maximum atomic E-state index is 13.6. The van der Waals surface area contributed by atoms with E-state index in [1.807, 2.05) is 24.3 Å². The molecule has 0 spiro atoms. The molecule has 0 saturated carbocycles. The lowest BCUT2D eigenvalue weighted by molar-refractivity contribution is -0.137. The molecule has 0 bridgehead atoms. The van der Waals surface area contributed by atoms with E-state index in [-0.39, 0.29) is 22.9 Å². The van der Waals surface area contributed by atoms with Gasteiger partial charge in [0, 0.05) is 52.7 Å². The van der Waals surface area contributed by atoms with Crippen LogP contribution in [0.2, 0.25) is 0 Å². The molecule has 0 radical (unpaired) electrons. The molecule has 0 aliphatic carbocycles. The number of hydrogen-bond donors (Lipinski definition) is 1. The highest BCUT2D eigenvalue weighted by molar-refractivity contribution is 7.99. The number of pyridine rings is 1. The standard InChI is InChI=1S/C26H30F3N5OS/c1-25(2,3)17-8-10-18(11-9-17)31-22-19-12-15-34(23-20(26(27,28)29)7-6-14-30-23)16-13-21(19)32-24(33-22)36(4,5)35/h6-11,14H,4,12-13,15-16H2,1-3,5H3,(H,31,32,33). The molecule has 3 heterocycles. The highest BCUT2D eigenvalue weighted by atomic mass is 32.2. The Kier molecular flexibility index (Phi) is 6.76. The van der Waals surface area contributed by atoms with E-state index >= 15 is 0 Å². The number of rotatable bonds is 4. The topological polar surface area (TPSA) is 71.0 Å². The number of nitrogens with zero attached hydrogens (tertiary/aromatic N) is 4. The molecule has 6 nitrogen and oxygen atoms in total. The molecular formula is C26H30F3N5OS. The van der Waals surface area contributed by atoms with Crippen LogP contribution < -0.4 is 10.2 Å². The van der Waals surface area contributed by atoms with Gasteiger partial charge in [-0.15, -0.1) is 0 Å². The zero-order chi connectivity index (χ0) is 26.3. The molecular weight excluding hydrogens is 487 g/mol. The van der Waals surface area contributed by atoms with E-state index < -0.39 is 21.3 Å². The zero-order valence-corrected chi connectivity index (χ0v) is 21.6. The van der Waals surface area contributed by atoms with Gasteiger partial charge in [0.05, 0.1) is 11.3 Å². The quantitative estimate of drug-likeness (QED) is 0.377. The van der Waals surface area contributed by atoms with E-state index in [0.29, 0.717) is 30.9 Å². The molecule has 1 atom stereocenters. The second-order valence-corrected chi connectivity index (χ2v) is 12.5. The molecule has 0 fully saturated rings. The van der Waals surface area contributed by atoms with Crippen molar-refractivity contribution in [1.82, 2.24) is 15.0 Å². The summed E-state index contributed by atoms with van der Waals surface area (Å²) in [5.41, 5.74) is 2.65. The monoisotopic (exact) mass is 517 g/mol. The maximum Gasteiger partial charge on any atom is 0.419 e. The first-order chi connectivity index (χ1) is 16.7. The van der Waals surface area contributed by atoms with Crippen LogP contribution in [0.15, 0.2) is 47.8 Å². The van der Waals surface area contributed by atoms with E-state index in [1.54, 1.807) is 4.90 Å². The Bertz CT molecular complexity index is 1360. The van der Waals surface area contributed by atoms with Gasteiger partial charge in [0.15, 0.2) is 0 Å². The molecule has 1 aliphatic rings. The Labute approximate surface area is 210 Å². The van der Waals surface area contributed by atoms with Gasteiger partial charge in [-0.25, -0.2) is 15.0 Å². The summed E-state index contributed by atoms with van der Waals surface area (Å²) >= 11 is 0. The summed E-state index contributed by atoms with van der Waals surface area (Å²) in [5.74, 6) is 4.12. The predicted octanol–water partition coefficient (Wildman–Crippen LogP) is 5.24. The molecule has 1 N–H and O–H groups in total. The number of anilines is 3. The fraction of sp³-hybridized carbons (Fsp3) is 0.385. The molecule has 4 rings (SSSR count). The second-order valence-electron chi connectivity index (χ2n) is 10.1. The van der Waals surface area contributed by atoms with Gasteiger partial charge < -0.3 is 10.2 Å². The number of halogens is 3. The summed E-state index contributed by atoms with van der Waals surface area (Å²) < 4.78 is 53.6. The van der Waals surface area contributed by atoms with Crippen LogP contribution in [0, 0.1) is 0 Å². The van der Waals surface area contributed by atoms with E-state index in [2.05, 4.69) is 46.9 Å². The van der Waals surface area contributed by atoms with Crippen molar-refractivity contribution in [3.8, 4) is 0 Å². The molecule has 1 unspecified atom stereocenters.